The first-order valence-electron chi connectivity index (χ1n) is 1.75. The van der Waals surface area contributed by atoms with Crippen molar-refractivity contribution in [2.45, 2.75) is 6.43 Å². The highest BCUT2D eigenvalue weighted by Crippen LogP contribution is 1.90. The molecule has 8 heavy (non-hydrogen) atoms. The first-order chi connectivity index (χ1) is 3.63. The van der Waals surface area contributed by atoms with Crippen molar-refractivity contribution in [1.82, 2.24) is 0 Å². The standard InChI is InChI=1S/C3H4F2O3/c4-2(5)1-8-3(6)7/h2H,1H2,(H,6,7)/p-1. The maximum absolute atomic E-state index is 11.0. The van der Waals surface area contributed by atoms with E-state index in [2.05, 4.69) is 4.74 Å². The van der Waals surface area contributed by atoms with E-state index >= 15 is 0 Å². The molecule has 0 atom stereocenters. The highest BCUT2D eigenvalue weighted by atomic mass is 19.3. The van der Waals surface area contributed by atoms with E-state index in [9.17, 15) is 18.7 Å². The molecule has 0 heterocycles. The number of carbonyl (C=O) groups is 1. The lowest BCUT2D eigenvalue weighted by Gasteiger charge is -2.04. The summed E-state index contributed by atoms with van der Waals surface area (Å²) in [5.74, 6) is 0. The van der Waals surface area contributed by atoms with E-state index in [1.807, 2.05) is 0 Å². The fourth-order valence-corrected chi connectivity index (χ4v) is 0.131. The lowest BCUT2D eigenvalue weighted by Crippen LogP contribution is -2.25. The van der Waals surface area contributed by atoms with Gasteiger partial charge in [0, 0.05) is 0 Å². The van der Waals surface area contributed by atoms with Crippen LogP contribution in [0.25, 0.3) is 0 Å². The molecule has 0 aliphatic rings. The molecular weight excluding hydrogens is 122 g/mol. The van der Waals surface area contributed by atoms with Crippen LogP contribution in [-0.4, -0.2) is 19.2 Å². The maximum atomic E-state index is 11.0. The van der Waals surface area contributed by atoms with Gasteiger partial charge in [-0.15, -0.1) is 0 Å². The summed E-state index contributed by atoms with van der Waals surface area (Å²) >= 11 is 0. The number of hydrogen-bond acceptors (Lipinski definition) is 3. The van der Waals surface area contributed by atoms with Crippen LogP contribution in [0.1, 0.15) is 0 Å². The summed E-state index contributed by atoms with van der Waals surface area (Å²) in [6.45, 7) is -1.11. The average molecular weight is 125 g/mol. The molecule has 0 fully saturated rings. The van der Waals surface area contributed by atoms with Gasteiger partial charge in [-0.3, -0.25) is 0 Å². The molecule has 0 rings (SSSR count). The largest absolute Gasteiger partial charge is 0.544 e. The Morgan fingerprint density at radius 3 is 2.38 bits per heavy atom. The van der Waals surface area contributed by atoms with Gasteiger partial charge in [0.2, 0.25) is 0 Å². The summed E-state index contributed by atoms with van der Waals surface area (Å²) in [6.07, 6.45) is -4.68. The third kappa shape index (κ3) is 5.13. The summed E-state index contributed by atoms with van der Waals surface area (Å²) in [6, 6.07) is 0. The molecule has 0 aliphatic carbocycles. The minimum Gasteiger partial charge on any atom is -0.544 e. The lowest BCUT2D eigenvalue weighted by atomic mass is 10.8. The van der Waals surface area contributed by atoms with Crippen molar-refractivity contribution in [2.24, 2.45) is 0 Å². The topological polar surface area (TPSA) is 49.4 Å². The second-order valence-electron chi connectivity index (χ2n) is 0.952. The van der Waals surface area contributed by atoms with Crippen molar-refractivity contribution < 1.29 is 23.4 Å². The predicted molar refractivity (Wildman–Crippen MR) is 17.4 cm³/mol. The summed E-state index contributed by atoms with van der Waals surface area (Å²) in [5.41, 5.74) is 0. The Balaban J connectivity index is 3.05. The van der Waals surface area contributed by atoms with Gasteiger partial charge in [0.1, 0.15) is 0 Å². The van der Waals surface area contributed by atoms with Gasteiger partial charge in [-0.1, -0.05) is 0 Å². The van der Waals surface area contributed by atoms with E-state index in [0.717, 1.165) is 0 Å². The highest BCUT2D eigenvalue weighted by molar-refractivity contribution is 5.53. The quantitative estimate of drug-likeness (QED) is 0.472. The SMILES string of the molecule is O=C([O-])OCC(F)F. The molecule has 0 radical (unpaired) electrons. The fraction of sp³-hybridized carbons (Fsp3) is 0.667. The zero-order valence-corrected chi connectivity index (χ0v) is 3.77. The van der Waals surface area contributed by atoms with Crippen molar-refractivity contribution >= 4 is 6.16 Å². The monoisotopic (exact) mass is 125 g/mol. The van der Waals surface area contributed by atoms with Gasteiger partial charge in [-0.2, -0.15) is 0 Å². The van der Waals surface area contributed by atoms with E-state index in [1.54, 1.807) is 0 Å². The molecule has 0 saturated heterocycles. The van der Waals surface area contributed by atoms with Crippen LogP contribution < -0.4 is 5.11 Å². The van der Waals surface area contributed by atoms with Crippen molar-refractivity contribution in [3.63, 3.8) is 0 Å². The van der Waals surface area contributed by atoms with Crippen LogP contribution in [0.5, 0.6) is 0 Å². The normalized spacial score (nSPS) is 9.38. The molecule has 48 valence electrons. The van der Waals surface area contributed by atoms with Crippen LogP contribution in [0, 0.1) is 0 Å². The van der Waals surface area contributed by atoms with E-state index in [0.29, 0.717) is 0 Å². The maximum Gasteiger partial charge on any atom is 0.255 e. The van der Waals surface area contributed by atoms with Gasteiger partial charge < -0.3 is 14.6 Å². The van der Waals surface area contributed by atoms with E-state index < -0.39 is 19.2 Å². The number of carboxylic acid groups (broad SMARTS) is 1. The Morgan fingerprint density at radius 2 is 2.25 bits per heavy atom. The first kappa shape index (κ1) is 7.13. The summed E-state index contributed by atoms with van der Waals surface area (Å²) < 4.78 is 25.3. The summed E-state index contributed by atoms with van der Waals surface area (Å²) in [4.78, 5) is 9.24. The Morgan fingerprint density at radius 1 is 1.75 bits per heavy atom. The van der Waals surface area contributed by atoms with E-state index in [1.165, 1.54) is 0 Å². The van der Waals surface area contributed by atoms with Crippen molar-refractivity contribution in [3.05, 3.63) is 0 Å². The minimum absolute atomic E-state index is 1.11. The number of rotatable bonds is 2. The zero-order valence-electron chi connectivity index (χ0n) is 3.77. The molecular formula is C3H3F2O3-. The fourth-order valence-electron chi connectivity index (χ4n) is 0.131. The Labute approximate surface area is 43.9 Å². The lowest BCUT2D eigenvalue weighted by molar-refractivity contribution is -0.285. The third-order valence-electron chi connectivity index (χ3n) is 0.327. The summed E-state index contributed by atoms with van der Waals surface area (Å²) in [7, 11) is 0. The molecule has 0 aromatic rings. The number of hydrogen-bond donors (Lipinski definition) is 0. The molecule has 0 aromatic carbocycles. The zero-order chi connectivity index (χ0) is 6.57. The molecule has 3 nitrogen and oxygen atoms in total. The molecule has 0 aromatic heterocycles. The molecule has 0 aliphatic heterocycles. The second-order valence-corrected chi connectivity index (χ2v) is 0.952. The molecule has 0 amide bonds. The van der Waals surface area contributed by atoms with Crippen molar-refractivity contribution in [1.29, 1.82) is 0 Å². The molecule has 0 saturated carbocycles. The highest BCUT2D eigenvalue weighted by Gasteiger charge is 1.97. The van der Waals surface area contributed by atoms with Crippen molar-refractivity contribution in [3.8, 4) is 0 Å². The van der Waals surface area contributed by atoms with Crippen LogP contribution >= 0.6 is 0 Å². The Bertz CT molecular complexity index is 82.6. The van der Waals surface area contributed by atoms with Gasteiger partial charge in [-0.05, 0) is 0 Å². The minimum atomic E-state index is -2.76. The molecule has 0 bridgehead atoms. The number of ether oxygens (including phenoxy) is 1. The van der Waals surface area contributed by atoms with Crippen LogP contribution in [0.2, 0.25) is 0 Å². The van der Waals surface area contributed by atoms with Crippen molar-refractivity contribution in [2.75, 3.05) is 6.61 Å². The van der Waals surface area contributed by atoms with Gasteiger partial charge in [-0.25, -0.2) is 8.78 Å². The van der Waals surface area contributed by atoms with Crippen LogP contribution in [-0.2, 0) is 4.74 Å². The smallest absolute Gasteiger partial charge is 0.255 e. The van der Waals surface area contributed by atoms with Crippen LogP contribution in [0.4, 0.5) is 13.6 Å². The number of carbonyl (C=O) groups excluding carboxylic acids is 1. The van der Waals surface area contributed by atoms with E-state index in [4.69, 9.17) is 0 Å². The Hall–Kier alpha value is -0.870. The van der Waals surface area contributed by atoms with Gasteiger partial charge >= 0.3 is 0 Å². The Kier molecular flexibility index (Phi) is 2.83. The van der Waals surface area contributed by atoms with Crippen LogP contribution in [0.3, 0.4) is 0 Å². The van der Waals surface area contributed by atoms with E-state index in [-0.39, 0.29) is 0 Å². The predicted octanol–water partition coefficient (Wildman–Crippen LogP) is -0.389. The molecule has 5 heteroatoms. The van der Waals surface area contributed by atoms with Crippen LogP contribution in [0.15, 0.2) is 0 Å². The first-order valence-corrected chi connectivity index (χ1v) is 1.75. The number of alkyl halides is 2. The third-order valence-corrected chi connectivity index (χ3v) is 0.327. The molecule has 0 unspecified atom stereocenters. The van der Waals surface area contributed by atoms with Gasteiger partial charge in [0.15, 0.2) is 0 Å². The van der Waals surface area contributed by atoms with Gasteiger partial charge in [0.25, 0.3) is 12.6 Å². The molecule has 0 N–H and O–H groups in total. The van der Waals surface area contributed by atoms with Gasteiger partial charge in [0.05, 0.1) is 6.61 Å². The average Bonchev–Trinajstić information content (AvgIpc) is 1.61. The summed E-state index contributed by atoms with van der Waals surface area (Å²) in [5, 5.41) is 9.24. The number of halogens is 2. The second kappa shape index (κ2) is 3.17. The molecule has 0 spiro atoms.